The van der Waals surface area contributed by atoms with E-state index in [0.717, 1.165) is 46.2 Å². The van der Waals surface area contributed by atoms with Gasteiger partial charge in [0.15, 0.2) is 0 Å². The largest absolute Gasteiger partial charge is 0.497 e. The number of methoxy groups -OCH3 is 3. The molecule has 0 spiro atoms. The quantitative estimate of drug-likeness (QED) is 0.747. The van der Waals surface area contributed by atoms with E-state index in [1.54, 1.807) is 21.3 Å². The van der Waals surface area contributed by atoms with E-state index in [4.69, 9.17) is 18.9 Å². The van der Waals surface area contributed by atoms with Crippen molar-refractivity contribution in [3.05, 3.63) is 53.7 Å². The third-order valence-electron chi connectivity index (χ3n) is 4.77. The van der Waals surface area contributed by atoms with Crippen molar-refractivity contribution >= 4 is 11.3 Å². The lowest BCUT2D eigenvalue weighted by Crippen LogP contribution is -2.22. The van der Waals surface area contributed by atoms with Crippen molar-refractivity contribution in [3.8, 4) is 17.2 Å². The number of benzene rings is 2. The smallest absolute Gasteiger partial charge is 0.142 e. The van der Waals surface area contributed by atoms with Crippen molar-refractivity contribution in [1.82, 2.24) is 4.90 Å². The molecule has 0 saturated heterocycles. The predicted octanol–water partition coefficient (Wildman–Crippen LogP) is 3.80. The molecule has 0 aromatic heterocycles. The zero-order chi connectivity index (χ0) is 20.1. The minimum Gasteiger partial charge on any atom is -0.497 e. The van der Waals surface area contributed by atoms with Gasteiger partial charge < -0.3 is 29.2 Å². The lowest BCUT2D eigenvalue weighted by Gasteiger charge is -2.31. The van der Waals surface area contributed by atoms with Crippen LogP contribution in [0.1, 0.15) is 17.2 Å². The van der Waals surface area contributed by atoms with E-state index >= 15 is 0 Å². The molecule has 1 heterocycles. The number of hydrogen-bond donors (Lipinski definition) is 1. The highest BCUT2D eigenvalue weighted by atomic mass is 16.5. The van der Waals surface area contributed by atoms with Crippen LogP contribution in [0.4, 0.5) is 5.69 Å². The van der Waals surface area contributed by atoms with E-state index < -0.39 is 0 Å². The first-order valence-electron chi connectivity index (χ1n) is 9.21. The van der Waals surface area contributed by atoms with Crippen LogP contribution >= 0.6 is 0 Å². The van der Waals surface area contributed by atoms with Gasteiger partial charge in [0.05, 0.1) is 39.2 Å². The highest BCUT2D eigenvalue weighted by Crippen LogP contribution is 2.48. The van der Waals surface area contributed by atoms with Gasteiger partial charge in [0.2, 0.25) is 0 Å². The number of anilines is 1. The van der Waals surface area contributed by atoms with E-state index in [0.29, 0.717) is 6.61 Å². The third-order valence-corrected chi connectivity index (χ3v) is 4.77. The summed E-state index contributed by atoms with van der Waals surface area (Å²) in [6.45, 7) is 1.41. The van der Waals surface area contributed by atoms with Gasteiger partial charge in [-0.25, -0.2) is 0 Å². The Morgan fingerprint density at radius 3 is 2.18 bits per heavy atom. The fraction of sp³-hybridized carbons (Fsp3) is 0.364. The standard InChI is InChI=1S/C22H28N2O4/c1-24(2)12-13-28-22-17(15-6-8-16(25-3)9-7-15)14-23-21-19(27-5)11-10-18(26-4)20(21)22/h6-11,14,22-23H,12-13H2,1-5H3. The second-order valence-corrected chi connectivity index (χ2v) is 6.79. The highest BCUT2D eigenvalue weighted by Gasteiger charge is 2.31. The fourth-order valence-corrected chi connectivity index (χ4v) is 3.26. The summed E-state index contributed by atoms with van der Waals surface area (Å²) in [7, 11) is 9.06. The molecule has 1 atom stereocenters. The van der Waals surface area contributed by atoms with Crippen LogP contribution in [-0.4, -0.2) is 53.5 Å². The molecule has 1 unspecified atom stereocenters. The molecule has 0 radical (unpaired) electrons. The van der Waals surface area contributed by atoms with Gasteiger partial charge in [0.1, 0.15) is 23.4 Å². The zero-order valence-electron chi connectivity index (χ0n) is 17.1. The maximum Gasteiger partial charge on any atom is 0.142 e. The molecule has 28 heavy (non-hydrogen) atoms. The first-order chi connectivity index (χ1) is 13.6. The van der Waals surface area contributed by atoms with Gasteiger partial charge in [-0.05, 0) is 43.9 Å². The number of likely N-dealkylation sites (N-methyl/N-ethyl adjacent to an activating group) is 1. The van der Waals surface area contributed by atoms with Crippen molar-refractivity contribution in [2.75, 3.05) is 53.9 Å². The maximum absolute atomic E-state index is 6.37. The molecule has 2 aromatic carbocycles. The lowest BCUT2D eigenvalue weighted by molar-refractivity contribution is 0.0775. The Labute approximate surface area is 166 Å². The normalized spacial score (nSPS) is 15.5. The van der Waals surface area contributed by atoms with Crippen LogP contribution in [0, 0.1) is 0 Å². The Balaban J connectivity index is 2.04. The van der Waals surface area contributed by atoms with Crippen LogP contribution in [0.3, 0.4) is 0 Å². The highest BCUT2D eigenvalue weighted by molar-refractivity contribution is 5.83. The Hall–Kier alpha value is -2.70. The number of nitrogens with zero attached hydrogens (tertiary/aromatic N) is 1. The first-order valence-corrected chi connectivity index (χ1v) is 9.21. The molecule has 2 aromatic rings. The van der Waals surface area contributed by atoms with Gasteiger partial charge in [-0.3, -0.25) is 0 Å². The van der Waals surface area contributed by atoms with Crippen molar-refractivity contribution in [2.24, 2.45) is 0 Å². The van der Waals surface area contributed by atoms with Crippen LogP contribution in [-0.2, 0) is 4.74 Å². The molecule has 1 aliphatic rings. The summed E-state index contributed by atoms with van der Waals surface area (Å²) in [5.41, 5.74) is 3.89. The van der Waals surface area contributed by atoms with Crippen LogP contribution in [0.5, 0.6) is 17.2 Å². The molecular weight excluding hydrogens is 356 g/mol. The molecule has 6 heteroatoms. The molecule has 1 aliphatic heterocycles. The number of hydrogen-bond acceptors (Lipinski definition) is 6. The zero-order valence-corrected chi connectivity index (χ0v) is 17.1. The molecule has 0 bridgehead atoms. The lowest BCUT2D eigenvalue weighted by atomic mass is 9.91. The predicted molar refractivity (Wildman–Crippen MR) is 111 cm³/mol. The summed E-state index contributed by atoms with van der Waals surface area (Å²) in [4.78, 5) is 2.10. The molecule has 1 N–H and O–H groups in total. The van der Waals surface area contributed by atoms with Gasteiger partial charge >= 0.3 is 0 Å². The van der Waals surface area contributed by atoms with Gasteiger partial charge in [0, 0.05) is 18.3 Å². The summed E-state index contributed by atoms with van der Waals surface area (Å²) in [6.07, 6.45) is 1.70. The topological polar surface area (TPSA) is 52.2 Å². The summed E-state index contributed by atoms with van der Waals surface area (Å²) >= 11 is 0. The van der Waals surface area contributed by atoms with Crippen LogP contribution < -0.4 is 19.5 Å². The summed E-state index contributed by atoms with van der Waals surface area (Å²) in [5.74, 6) is 2.33. The van der Waals surface area contributed by atoms with Crippen LogP contribution in [0.25, 0.3) is 5.57 Å². The third kappa shape index (κ3) is 4.08. The SMILES string of the molecule is COc1ccc(C2=CNc3c(OC)ccc(OC)c3C2OCCN(C)C)cc1. The molecule has 3 rings (SSSR count). The molecule has 0 fully saturated rings. The maximum atomic E-state index is 6.37. The van der Waals surface area contributed by atoms with Crippen LogP contribution in [0.15, 0.2) is 42.6 Å². The molecule has 0 saturated carbocycles. The minimum atomic E-state index is -0.283. The van der Waals surface area contributed by atoms with Crippen molar-refractivity contribution in [3.63, 3.8) is 0 Å². The Bertz CT molecular complexity index is 831. The van der Waals surface area contributed by atoms with Crippen molar-refractivity contribution in [1.29, 1.82) is 0 Å². The van der Waals surface area contributed by atoms with Gasteiger partial charge in [-0.2, -0.15) is 0 Å². The monoisotopic (exact) mass is 384 g/mol. The molecule has 6 nitrogen and oxygen atoms in total. The number of ether oxygens (including phenoxy) is 4. The van der Waals surface area contributed by atoms with Crippen LogP contribution in [0.2, 0.25) is 0 Å². The molecular formula is C22H28N2O4. The van der Waals surface area contributed by atoms with Crippen molar-refractivity contribution < 1.29 is 18.9 Å². The first kappa shape index (κ1) is 20.0. The summed E-state index contributed by atoms with van der Waals surface area (Å²) < 4.78 is 22.9. The summed E-state index contributed by atoms with van der Waals surface area (Å²) in [6, 6.07) is 11.8. The second kappa shape index (κ2) is 8.99. The number of fused-ring (bicyclic) bond motifs is 1. The van der Waals surface area contributed by atoms with Gasteiger partial charge in [-0.15, -0.1) is 0 Å². The average Bonchev–Trinajstić information content (AvgIpc) is 2.72. The Morgan fingerprint density at radius 2 is 1.57 bits per heavy atom. The van der Waals surface area contributed by atoms with Crippen molar-refractivity contribution in [2.45, 2.75) is 6.10 Å². The number of rotatable bonds is 8. The van der Waals surface area contributed by atoms with E-state index in [-0.39, 0.29) is 6.10 Å². The van der Waals surface area contributed by atoms with E-state index in [2.05, 4.69) is 10.2 Å². The molecule has 150 valence electrons. The molecule has 0 amide bonds. The second-order valence-electron chi connectivity index (χ2n) is 6.79. The van der Waals surface area contributed by atoms with Gasteiger partial charge in [0.25, 0.3) is 0 Å². The molecule has 0 aliphatic carbocycles. The number of nitrogens with one attached hydrogen (secondary N) is 1. The summed E-state index contributed by atoms with van der Waals surface area (Å²) in [5, 5.41) is 3.37. The Kier molecular flexibility index (Phi) is 6.44. The van der Waals surface area contributed by atoms with Gasteiger partial charge in [-0.1, -0.05) is 12.1 Å². The Morgan fingerprint density at radius 1 is 0.893 bits per heavy atom. The van der Waals surface area contributed by atoms with E-state index in [1.165, 1.54) is 0 Å². The van der Waals surface area contributed by atoms with E-state index in [1.807, 2.05) is 56.7 Å². The fourth-order valence-electron chi connectivity index (χ4n) is 3.26. The average molecular weight is 384 g/mol. The van der Waals surface area contributed by atoms with E-state index in [9.17, 15) is 0 Å². The minimum absolute atomic E-state index is 0.283.